The molecule has 0 saturated carbocycles. The zero-order chi connectivity index (χ0) is 54.3. The third kappa shape index (κ3) is 44.9. The van der Waals surface area contributed by atoms with E-state index in [0.29, 0.717) is 12.8 Å². The molecule has 0 radical (unpaired) electrons. The third-order valence-electron chi connectivity index (χ3n) is 15.7. The van der Waals surface area contributed by atoms with E-state index < -0.39 is 49.5 Å². The van der Waals surface area contributed by atoms with Gasteiger partial charge in [0.15, 0.2) is 6.29 Å². The molecule has 0 aromatic rings. The molecule has 1 aliphatic heterocycles. The molecule has 75 heavy (non-hydrogen) atoms. The van der Waals surface area contributed by atoms with Crippen LogP contribution < -0.4 is 5.32 Å². The number of amides is 1. The highest BCUT2D eigenvalue weighted by atomic mass is 16.7. The first kappa shape index (κ1) is 71.4. The van der Waals surface area contributed by atoms with Crippen molar-refractivity contribution in [3.63, 3.8) is 0 Å². The second-order valence-corrected chi connectivity index (χ2v) is 22.9. The number of unbranched alkanes of at least 4 members (excludes halogenated alkanes) is 41. The number of hydrogen-bond donors (Lipinski definition) is 6. The first-order valence-electron chi connectivity index (χ1n) is 32.7. The Labute approximate surface area is 463 Å². The van der Waals surface area contributed by atoms with E-state index in [0.717, 1.165) is 51.4 Å². The van der Waals surface area contributed by atoms with Crippen LogP contribution in [0.25, 0.3) is 0 Å². The minimum absolute atomic E-state index is 0.134. The van der Waals surface area contributed by atoms with Crippen LogP contribution in [0.5, 0.6) is 0 Å². The fourth-order valence-electron chi connectivity index (χ4n) is 10.6. The summed E-state index contributed by atoms with van der Waals surface area (Å²) in [6.07, 6.45) is 66.2. The zero-order valence-electron chi connectivity index (χ0n) is 49.3. The smallest absolute Gasteiger partial charge is 0.220 e. The van der Waals surface area contributed by atoms with Crippen molar-refractivity contribution in [2.45, 2.75) is 365 Å². The topological polar surface area (TPSA) is 149 Å². The van der Waals surface area contributed by atoms with Crippen LogP contribution in [0.1, 0.15) is 322 Å². The Morgan fingerprint density at radius 3 is 1.16 bits per heavy atom. The molecule has 7 atom stereocenters. The van der Waals surface area contributed by atoms with Gasteiger partial charge in [-0.05, 0) is 51.4 Å². The Balaban J connectivity index is 2.11. The van der Waals surface area contributed by atoms with Gasteiger partial charge < -0.3 is 40.3 Å². The molecule has 1 aliphatic rings. The summed E-state index contributed by atoms with van der Waals surface area (Å²) in [6.45, 7) is 3.87. The quantitative estimate of drug-likeness (QED) is 0.0261. The lowest BCUT2D eigenvalue weighted by molar-refractivity contribution is -0.302. The summed E-state index contributed by atoms with van der Waals surface area (Å²) in [4.78, 5) is 13.1. The van der Waals surface area contributed by atoms with Gasteiger partial charge >= 0.3 is 0 Å². The average molecular weight is 1060 g/mol. The third-order valence-corrected chi connectivity index (χ3v) is 15.7. The van der Waals surface area contributed by atoms with Gasteiger partial charge in [-0.3, -0.25) is 4.79 Å². The molecule has 0 bridgehead atoms. The highest BCUT2D eigenvalue weighted by Gasteiger charge is 2.44. The Hall–Kier alpha value is -1.59. The molecule has 442 valence electrons. The molecular formula is C66H125NO8. The monoisotopic (exact) mass is 1060 g/mol. The van der Waals surface area contributed by atoms with E-state index in [2.05, 4.69) is 55.6 Å². The van der Waals surface area contributed by atoms with E-state index in [-0.39, 0.29) is 12.5 Å². The molecule has 9 heteroatoms. The average Bonchev–Trinajstić information content (AvgIpc) is 3.41. The van der Waals surface area contributed by atoms with E-state index in [9.17, 15) is 30.3 Å². The van der Waals surface area contributed by atoms with E-state index in [4.69, 9.17) is 9.47 Å². The second-order valence-electron chi connectivity index (χ2n) is 22.9. The fourth-order valence-corrected chi connectivity index (χ4v) is 10.6. The number of allylic oxidation sites excluding steroid dienone is 6. The maximum Gasteiger partial charge on any atom is 0.220 e. The van der Waals surface area contributed by atoms with Crippen molar-refractivity contribution in [3.8, 4) is 0 Å². The molecule has 1 saturated heterocycles. The van der Waals surface area contributed by atoms with Crippen molar-refractivity contribution < 1.29 is 39.8 Å². The molecule has 0 aromatic carbocycles. The maximum absolute atomic E-state index is 13.1. The predicted molar refractivity (Wildman–Crippen MR) is 318 cm³/mol. The number of carbonyl (C=O) groups excluding carboxylic acids is 1. The van der Waals surface area contributed by atoms with Gasteiger partial charge in [0.05, 0.1) is 25.4 Å². The summed E-state index contributed by atoms with van der Waals surface area (Å²) in [5, 5.41) is 54.8. The summed E-state index contributed by atoms with van der Waals surface area (Å²) in [6, 6.07) is -0.718. The van der Waals surface area contributed by atoms with E-state index >= 15 is 0 Å². The number of aliphatic hydroxyl groups is 5. The summed E-state index contributed by atoms with van der Waals surface area (Å²) in [5.41, 5.74) is 0. The summed E-state index contributed by atoms with van der Waals surface area (Å²) in [7, 11) is 0. The van der Waals surface area contributed by atoms with Crippen molar-refractivity contribution in [1.82, 2.24) is 5.32 Å². The van der Waals surface area contributed by atoms with Crippen LogP contribution in [0.3, 0.4) is 0 Å². The molecule has 0 aromatic heterocycles. The molecule has 0 aliphatic carbocycles. The van der Waals surface area contributed by atoms with Gasteiger partial charge in [-0.25, -0.2) is 0 Å². The summed E-state index contributed by atoms with van der Waals surface area (Å²) < 4.78 is 11.3. The van der Waals surface area contributed by atoms with Crippen LogP contribution in [0.4, 0.5) is 0 Å². The van der Waals surface area contributed by atoms with Crippen LogP contribution in [0.15, 0.2) is 36.5 Å². The van der Waals surface area contributed by atoms with E-state index in [1.807, 2.05) is 0 Å². The SMILES string of the molecule is CCCCCCC/C=C\C/C=C\C/C=C\CCCCCCCCCCCCCCCCCCCCC(=O)NC(COC1OC(CO)C(O)C(O)C1O)C(O)CCCCCCCCCCCCCCCCCCCCC. The lowest BCUT2D eigenvalue weighted by atomic mass is 9.99. The molecule has 1 rings (SSSR count). The van der Waals surface area contributed by atoms with Gasteiger partial charge in [0.2, 0.25) is 5.91 Å². The Morgan fingerprint density at radius 2 is 0.787 bits per heavy atom. The van der Waals surface area contributed by atoms with Crippen LogP contribution >= 0.6 is 0 Å². The number of rotatable bonds is 57. The van der Waals surface area contributed by atoms with Crippen LogP contribution in [-0.4, -0.2) is 87.5 Å². The van der Waals surface area contributed by atoms with Crippen molar-refractivity contribution in [2.75, 3.05) is 13.2 Å². The van der Waals surface area contributed by atoms with Crippen LogP contribution in [0, 0.1) is 0 Å². The molecular weight excluding hydrogens is 935 g/mol. The van der Waals surface area contributed by atoms with Crippen molar-refractivity contribution >= 4 is 5.91 Å². The Morgan fingerprint density at radius 1 is 0.453 bits per heavy atom. The number of hydrogen-bond acceptors (Lipinski definition) is 8. The molecule has 9 nitrogen and oxygen atoms in total. The number of aliphatic hydroxyl groups excluding tert-OH is 5. The minimum Gasteiger partial charge on any atom is -0.394 e. The first-order valence-corrected chi connectivity index (χ1v) is 32.7. The van der Waals surface area contributed by atoms with E-state index in [1.54, 1.807) is 0 Å². The molecule has 0 spiro atoms. The highest BCUT2D eigenvalue weighted by Crippen LogP contribution is 2.24. The largest absolute Gasteiger partial charge is 0.394 e. The lowest BCUT2D eigenvalue weighted by Crippen LogP contribution is -2.60. The Kier molecular flexibility index (Phi) is 53.1. The van der Waals surface area contributed by atoms with Gasteiger partial charge in [0, 0.05) is 6.42 Å². The van der Waals surface area contributed by atoms with Gasteiger partial charge in [0.1, 0.15) is 24.4 Å². The molecule has 1 amide bonds. The number of nitrogens with one attached hydrogen (secondary N) is 1. The minimum atomic E-state index is -1.55. The number of carbonyl (C=O) groups is 1. The van der Waals surface area contributed by atoms with Gasteiger partial charge in [0.25, 0.3) is 0 Å². The van der Waals surface area contributed by atoms with Crippen molar-refractivity contribution in [1.29, 1.82) is 0 Å². The van der Waals surface area contributed by atoms with Crippen LogP contribution in [0.2, 0.25) is 0 Å². The fraction of sp³-hybridized carbons (Fsp3) is 0.894. The summed E-state index contributed by atoms with van der Waals surface area (Å²) in [5.74, 6) is -0.139. The van der Waals surface area contributed by atoms with Gasteiger partial charge in [-0.2, -0.15) is 0 Å². The molecule has 7 unspecified atom stereocenters. The summed E-state index contributed by atoms with van der Waals surface area (Å²) >= 11 is 0. The van der Waals surface area contributed by atoms with Gasteiger partial charge in [-0.15, -0.1) is 0 Å². The second kappa shape index (κ2) is 55.7. The van der Waals surface area contributed by atoms with Crippen molar-refractivity contribution in [3.05, 3.63) is 36.5 Å². The highest BCUT2D eigenvalue weighted by molar-refractivity contribution is 5.76. The number of ether oxygens (including phenoxy) is 2. The zero-order valence-corrected chi connectivity index (χ0v) is 49.3. The predicted octanol–water partition coefficient (Wildman–Crippen LogP) is 17.1. The Bertz CT molecular complexity index is 1270. The molecule has 1 heterocycles. The normalized spacial score (nSPS) is 19.1. The van der Waals surface area contributed by atoms with Gasteiger partial charge in [-0.1, -0.05) is 301 Å². The van der Waals surface area contributed by atoms with E-state index in [1.165, 1.54) is 244 Å². The maximum atomic E-state index is 13.1. The molecule has 1 fully saturated rings. The standard InChI is InChI=1S/C66H125NO8/c1-3-5-7-9-11-13-15-17-19-21-23-24-25-26-27-28-29-30-31-32-33-34-35-36-38-40-42-44-46-48-50-52-54-56-62(70)67-59(58-74-66-65(73)64(72)63(71)61(57-68)75-66)60(69)55-53-51-49-47-45-43-41-39-37-22-20-18-16-14-12-10-8-6-4-2/h15,17,21,23,25-26,59-61,63-66,68-69,71-73H,3-14,16,18-20,22,24,27-58H2,1-2H3,(H,67,70)/b17-15-,23-21-,26-25-. The molecule has 6 N–H and O–H groups in total. The van der Waals surface area contributed by atoms with Crippen LogP contribution in [-0.2, 0) is 14.3 Å². The first-order chi connectivity index (χ1) is 36.8. The van der Waals surface area contributed by atoms with Crippen molar-refractivity contribution in [2.24, 2.45) is 0 Å². The lowest BCUT2D eigenvalue weighted by Gasteiger charge is -2.40.